The maximum Gasteiger partial charge on any atom is 0.356 e. The highest BCUT2D eigenvalue weighted by atomic mass is 16.4. The number of imidazole rings is 1. The smallest absolute Gasteiger partial charge is 0.356 e. The third-order valence-corrected chi connectivity index (χ3v) is 3.73. The molecule has 0 radical (unpaired) electrons. The molecular weight excluding hydrogens is 230 g/mol. The first-order valence-corrected chi connectivity index (χ1v) is 6.58. The number of nitrogens with zero attached hydrogens (tertiary/aromatic N) is 2. The zero-order valence-corrected chi connectivity index (χ0v) is 11.2. The van der Waals surface area contributed by atoms with Crippen LogP contribution in [0.25, 0.3) is 0 Å². The molecule has 2 atom stereocenters. The summed E-state index contributed by atoms with van der Waals surface area (Å²) in [4.78, 5) is 15.3. The van der Waals surface area contributed by atoms with Crippen LogP contribution in [0.2, 0.25) is 0 Å². The molecule has 0 bridgehead atoms. The fourth-order valence-corrected chi connectivity index (χ4v) is 2.56. The average molecular weight is 251 g/mol. The van der Waals surface area contributed by atoms with Gasteiger partial charge in [0.1, 0.15) is 5.82 Å². The molecule has 2 rings (SSSR count). The average Bonchev–Trinajstić information content (AvgIpc) is 2.67. The van der Waals surface area contributed by atoms with Crippen molar-refractivity contribution in [2.24, 2.45) is 0 Å². The molecule has 1 aliphatic rings. The summed E-state index contributed by atoms with van der Waals surface area (Å²) in [7, 11) is 0. The van der Waals surface area contributed by atoms with Crippen LogP contribution in [-0.4, -0.2) is 32.7 Å². The number of hydrogen-bond acceptors (Lipinski definition) is 3. The van der Waals surface area contributed by atoms with Gasteiger partial charge in [0.2, 0.25) is 0 Å². The summed E-state index contributed by atoms with van der Waals surface area (Å²) >= 11 is 0. The highest BCUT2D eigenvalue weighted by molar-refractivity contribution is 5.86. The second-order valence-corrected chi connectivity index (χ2v) is 5.08. The number of aryl methyl sites for hydroxylation is 1. The Morgan fingerprint density at radius 1 is 1.67 bits per heavy atom. The van der Waals surface area contributed by atoms with Gasteiger partial charge in [-0.1, -0.05) is 6.92 Å². The maximum absolute atomic E-state index is 11.1. The SMILES string of the molecule is CCC(C)NC1CCc2c(C(=O)O)nc(C)n2C1. The van der Waals surface area contributed by atoms with Gasteiger partial charge in [0.05, 0.1) is 5.69 Å². The summed E-state index contributed by atoms with van der Waals surface area (Å²) in [6.45, 7) is 7.04. The molecule has 100 valence electrons. The quantitative estimate of drug-likeness (QED) is 0.853. The first kappa shape index (κ1) is 13.1. The maximum atomic E-state index is 11.1. The molecule has 1 aliphatic heterocycles. The molecule has 0 aromatic carbocycles. The van der Waals surface area contributed by atoms with Crippen molar-refractivity contribution < 1.29 is 9.90 Å². The molecule has 1 aromatic rings. The molecule has 5 nitrogen and oxygen atoms in total. The van der Waals surface area contributed by atoms with E-state index in [-0.39, 0.29) is 5.69 Å². The third-order valence-electron chi connectivity index (χ3n) is 3.73. The number of hydrogen-bond donors (Lipinski definition) is 2. The number of fused-ring (bicyclic) bond motifs is 1. The van der Waals surface area contributed by atoms with Crippen LogP contribution in [0.5, 0.6) is 0 Å². The van der Waals surface area contributed by atoms with Gasteiger partial charge in [0.15, 0.2) is 5.69 Å². The standard InChI is InChI=1S/C13H21N3O2/c1-4-8(2)14-10-5-6-11-12(13(17)18)15-9(3)16(11)7-10/h8,10,14H,4-7H2,1-3H3,(H,17,18). The summed E-state index contributed by atoms with van der Waals surface area (Å²) in [6, 6.07) is 0.918. The third kappa shape index (κ3) is 2.41. The van der Waals surface area contributed by atoms with E-state index in [4.69, 9.17) is 5.11 Å². The van der Waals surface area contributed by atoms with E-state index in [2.05, 4.69) is 24.1 Å². The van der Waals surface area contributed by atoms with E-state index in [9.17, 15) is 4.79 Å². The Labute approximate surface area is 107 Å². The zero-order chi connectivity index (χ0) is 13.3. The molecule has 5 heteroatoms. The highest BCUT2D eigenvalue weighted by Gasteiger charge is 2.26. The van der Waals surface area contributed by atoms with E-state index in [0.29, 0.717) is 12.1 Å². The fraction of sp³-hybridized carbons (Fsp3) is 0.692. The summed E-state index contributed by atoms with van der Waals surface area (Å²) in [5.41, 5.74) is 1.11. The number of aromatic nitrogens is 2. The van der Waals surface area contributed by atoms with Crippen LogP contribution in [0.4, 0.5) is 0 Å². The van der Waals surface area contributed by atoms with Crippen LogP contribution in [-0.2, 0) is 13.0 Å². The largest absolute Gasteiger partial charge is 0.476 e. The van der Waals surface area contributed by atoms with Crippen LogP contribution >= 0.6 is 0 Å². The van der Waals surface area contributed by atoms with Gasteiger partial charge in [-0.2, -0.15) is 0 Å². The van der Waals surface area contributed by atoms with Gasteiger partial charge in [0, 0.05) is 18.6 Å². The molecule has 2 unspecified atom stereocenters. The normalized spacial score (nSPS) is 20.5. The van der Waals surface area contributed by atoms with Crippen molar-refractivity contribution in [1.82, 2.24) is 14.9 Å². The fourth-order valence-electron chi connectivity index (χ4n) is 2.56. The Morgan fingerprint density at radius 2 is 2.39 bits per heavy atom. The minimum atomic E-state index is -0.916. The summed E-state index contributed by atoms with van der Waals surface area (Å²) in [5, 5.41) is 12.7. The lowest BCUT2D eigenvalue weighted by atomic mass is 10.0. The minimum absolute atomic E-state index is 0.231. The molecule has 2 heterocycles. The van der Waals surface area contributed by atoms with Crippen LogP contribution in [0.3, 0.4) is 0 Å². The van der Waals surface area contributed by atoms with E-state index >= 15 is 0 Å². The summed E-state index contributed by atoms with van der Waals surface area (Å²) in [6.07, 6.45) is 2.87. The first-order valence-electron chi connectivity index (χ1n) is 6.58. The van der Waals surface area contributed by atoms with Gasteiger partial charge in [0.25, 0.3) is 0 Å². The van der Waals surface area contributed by atoms with Crippen molar-refractivity contribution >= 4 is 5.97 Å². The van der Waals surface area contributed by atoms with Crippen LogP contribution < -0.4 is 5.32 Å². The van der Waals surface area contributed by atoms with Gasteiger partial charge in [-0.3, -0.25) is 0 Å². The molecule has 18 heavy (non-hydrogen) atoms. The second kappa shape index (κ2) is 5.10. The lowest BCUT2D eigenvalue weighted by Gasteiger charge is -2.28. The Balaban J connectivity index is 2.17. The molecule has 0 spiro atoms. The van der Waals surface area contributed by atoms with Crippen molar-refractivity contribution in [3.63, 3.8) is 0 Å². The van der Waals surface area contributed by atoms with Crippen molar-refractivity contribution in [1.29, 1.82) is 0 Å². The molecule has 0 saturated carbocycles. The van der Waals surface area contributed by atoms with Crippen molar-refractivity contribution in [2.75, 3.05) is 0 Å². The van der Waals surface area contributed by atoms with E-state index in [1.807, 2.05) is 11.5 Å². The minimum Gasteiger partial charge on any atom is -0.476 e. The molecule has 0 amide bonds. The number of rotatable bonds is 4. The number of nitrogens with one attached hydrogen (secondary N) is 1. The molecule has 0 saturated heterocycles. The van der Waals surface area contributed by atoms with Crippen molar-refractivity contribution in [3.8, 4) is 0 Å². The topological polar surface area (TPSA) is 67.2 Å². The number of carbonyl (C=O) groups is 1. The molecule has 2 N–H and O–H groups in total. The Hall–Kier alpha value is -1.36. The lowest BCUT2D eigenvalue weighted by Crippen LogP contribution is -2.42. The Morgan fingerprint density at radius 3 is 3.00 bits per heavy atom. The van der Waals surface area contributed by atoms with Crippen LogP contribution in [0.1, 0.15) is 48.7 Å². The molecule has 0 aliphatic carbocycles. The number of carboxylic acid groups (broad SMARTS) is 1. The van der Waals surface area contributed by atoms with E-state index in [1.54, 1.807) is 0 Å². The highest BCUT2D eigenvalue weighted by Crippen LogP contribution is 2.21. The van der Waals surface area contributed by atoms with Crippen molar-refractivity contribution in [2.45, 2.75) is 58.7 Å². The van der Waals surface area contributed by atoms with Crippen LogP contribution in [0, 0.1) is 6.92 Å². The summed E-state index contributed by atoms with van der Waals surface area (Å²) in [5.74, 6) is -0.113. The first-order chi connectivity index (χ1) is 8.52. The Kier molecular flexibility index (Phi) is 3.71. The predicted octanol–water partition coefficient (Wildman–Crippen LogP) is 1.59. The predicted molar refractivity (Wildman–Crippen MR) is 68.9 cm³/mol. The van der Waals surface area contributed by atoms with Gasteiger partial charge in [-0.15, -0.1) is 0 Å². The van der Waals surface area contributed by atoms with Crippen molar-refractivity contribution in [3.05, 3.63) is 17.2 Å². The van der Waals surface area contributed by atoms with Gasteiger partial charge in [-0.25, -0.2) is 9.78 Å². The molecule has 1 aromatic heterocycles. The molecular formula is C13H21N3O2. The van der Waals surface area contributed by atoms with E-state index in [0.717, 1.165) is 37.3 Å². The van der Waals surface area contributed by atoms with E-state index < -0.39 is 5.97 Å². The number of carboxylic acids is 1. The monoisotopic (exact) mass is 251 g/mol. The van der Waals surface area contributed by atoms with Crippen LogP contribution in [0.15, 0.2) is 0 Å². The second-order valence-electron chi connectivity index (χ2n) is 5.08. The van der Waals surface area contributed by atoms with Gasteiger partial charge in [-0.05, 0) is 33.1 Å². The van der Waals surface area contributed by atoms with Gasteiger partial charge >= 0.3 is 5.97 Å². The Bertz CT molecular complexity index is 453. The summed E-state index contributed by atoms with van der Waals surface area (Å²) < 4.78 is 2.05. The molecule has 0 fully saturated rings. The lowest BCUT2D eigenvalue weighted by molar-refractivity contribution is 0.0689. The van der Waals surface area contributed by atoms with E-state index in [1.165, 1.54) is 0 Å². The van der Waals surface area contributed by atoms with Gasteiger partial charge < -0.3 is 15.0 Å². The zero-order valence-electron chi connectivity index (χ0n) is 11.2. The number of aromatic carboxylic acids is 1.